The Balaban J connectivity index is 2.47. The van der Waals surface area contributed by atoms with Gasteiger partial charge in [0.15, 0.2) is 5.69 Å². The van der Waals surface area contributed by atoms with Crippen LogP contribution in [-0.2, 0) is 6.18 Å². The zero-order valence-corrected chi connectivity index (χ0v) is 12.5. The second kappa shape index (κ2) is 8.69. The second-order valence-corrected chi connectivity index (χ2v) is 4.78. The summed E-state index contributed by atoms with van der Waals surface area (Å²) in [7, 11) is 1.47. The SMILES string of the molecule is CCCCCCCCOc1cc(C(F)(F)F)nc(NC)n1. The number of ether oxygens (including phenoxy) is 1. The monoisotopic (exact) mass is 305 g/mol. The van der Waals surface area contributed by atoms with E-state index < -0.39 is 11.9 Å². The number of unbranched alkanes of at least 4 members (excludes halogenated alkanes) is 5. The molecule has 0 radical (unpaired) electrons. The summed E-state index contributed by atoms with van der Waals surface area (Å²) in [6.07, 6.45) is 2.02. The minimum Gasteiger partial charge on any atom is -0.478 e. The van der Waals surface area contributed by atoms with Gasteiger partial charge in [-0.05, 0) is 6.42 Å². The molecule has 1 rings (SSSR count). The Morgan fingerprint density at radius 1 is 1.10 bits per heavy atom. The van der Waals surface area contributed by atoms with Crippen LogP contribution in [0.5, 0.6) is 5.88 Å². The van der Waals surface area contributed by atoms with Crippen molar-refractivity contribution in [3.8, 4) is 5.88 Å². The van der Waals surface area contributed by atoms with Gasteiger partial charge in [0, 0.05) is 13.1 Å². The molecule has 0 unspecified atom stereocenters. The van der Waals surface area contributed by atoms with Crippen molar-refractivity contribution in [3.05, 3.63) is 11.8 Å². The van der Waals surface area contributed by atoms with Crippen molar-refractivity contribution >= 4 is 5.95 Å². The fraction of sp³-hybridized carbons (Fsp3) is 0.714. The van der Waals surface area contributed by atoms with E-state index in [1.54, 1.807) is 0 Å². The van der Waals surface area contributed by atoms with Gasteiger partial charge >= 0.3 is 6.18 Å². The molecular formula is C14H22F3N3O. The van der Waals surface area contributed by atoms with E-state index >= 15 is 0 Å². The zero-order valence-electron chi connectivity index (χ0n) is 12.5. The summed E-state index contributed by atoms with van der Waals surface area (Å²) in [5.41, 5.74) is -1.00. The predicted octanol–water partition coefficient (Wildman–Crippen LogP) is 4.28. The van der Waals surface area contributed by atoms with Gasteiger partial charge in [-0.2, -0.15) is 18.2 Å². The van der Waals surface area contributed by atoms with Crippen molar-refractivity contribution in [2.45, 2.75) is 51.6 Å². The molecule has 0 atom stereocenters. The molecule has 7 heteroatoms. The molecule has 1 heterocycles. The van der Waals surface area contributed by atoms with Crippen LogP contribution in [0, 0.1) is 0 Å². The van der Waals surface area contributed by atoms with E-state index in [9.17, 15) is 13.2 Å². The maximum Gasteiger partial charge on any atom is 0.433 e. The molecule has 0 spiro atoms. The Hall–Kier alpha value is -1.53. The average molecular weight is 305 g/mol. The summed E-state index contributed by atoms with van der Waals surface area (Å²) in [6.45, 7) is 2.51. The highest BCUT2D eigenvalue weighted by molar-refractivity contribution is 5.31. The summed E-state index contributed by atoms with van der Waals surface area (Å²) in [4.78, 5) is 7.24. The number of hydrogen-bond acceptors (Lipinski definition) is 4. The van der Waals surface area contributed by atoms with Crippen LogP contribution in [0.4, 0.5) is 19.1 Å². The zero-order chi connectivity index (χ0) is 15.7. The van der Waals surface area contributed by atoms with Crippen LogP contribution in [0.1, 0.15) is 51.1 Å². The van der Waals surface area contributed by atoms with Crippen molar-refractivity contribution in [1.29, 1.82) is 0 Å². The first-order chi connectivity index (χ1) is 9.97. The highest BCUT2D eigenvalue weighted by Crippen LogP contribution is 2.30. The summed E-state index contributed by atoms with van der Waals surface area (Å²) in [5, 5.41) is 2.50. The number of aromatic nitrogens is 2. The fourth-order valence-corrected chi connectivity index (χ4v) is 1.82. The Kier molecular flexibility index (Phi) is 7.25. The number of halogens is 3. The lowest BCUT2D eigenvalue weighted by molar-refractivity contribution is -0.141. The van der Waals surface area contributed by atoms with E-state index in [4.69, 9.17) is 4.74 Å². The van der Waals surface area contributed by atoms with Gasteiger partial charge in [-0.15, -0.1) is 0 Å². The maximum absolute atomic E-state index is 12.7. The molecule has 0 amide bonds. The molecule has 1 aromatic heterocycles. The van der Waals surface area contributed by atoms with Gasteiger partial charge in [0.2, 0.25) is 11.8 Å². The number of hydrogen-bond donors (Lipinski definition) is 1. The molecular weight excluding hydrogens is 283 g/mol. The molecule has 0 aliphatic heterocycles. The Bertz CT molecular complexity index is 424. The summed E-state index contributed by atoms with van der Waals surface area (Å²) in [5.74, 6) is -0.141. The molecule has 1 aromatic rings. The van der Waals surface area contributed by atoms with E-state index in [-0.39, 0.29) is 11.8 Å². The minimum absolute atomic E-state index is 0.0461. The van der Waals surface area contributed by atoms with E-state index in [1.165, 1.54) is 26.3 Å². The van der Waals surface area contributed by atoms with E-state index in [2.05, 4.69) is 22.2 Å². The van der Waals surface area contributed by atoms with Gasteiger partial charge in [-0.1, -0.05) is 39.0 Å². The first-order valence-electron chi connectivity index (χ1n) is 7.24. The Morgan fingerprint density at radius 2 is 1.76 bits per heavy atom. The van der Waals surface area contributed by atoms with Crippen LogP contribution < -0.4 is 10.1 Å². The largest absolute Gasteiger partial charge is 0.478 e. The number of alkyl halides is 3. The predicted molar refractivity (Wildman–Crippen MR) is 75.5 cm³/mol. The lowest BCUT2D eigenvalue weighted by Crippen LogP contribution is -2.12. The third-order valence-corrected chi connectivity index (χ3v) is 2.96. The Morgan fingerprint density at radius 3 is 2.38 bits per heavy atom. The second-order valence-electron chi connectivity index (χ2n) is 4.78. The normalized spacial score (nSPS) is 11.5. The van der Waals surface area contributed by atoms with E-state index in [1.807, 2.05) is 0 Å². The van der Waals surface area contributed by atoms with Crippen molar-refractivity contribution in [1.82, 2.24) is 9.97 Å². The molecule has 120 valence electrons. The minimum atomic E-state index is -4.51. The van der Waals surface area contributed by atoms with Crippen LogP contribution in [0.15, 0.2) is 6.07 Å². The summed E-state index contributed by atoms with van der Waals surface area (Å²) in [6, 6.07) is 0.831. The molecule has 0 fully saturated rings. The van der Waals surface area contributed by atoms with Gasteiger partial charge in [-0.3, -0.25) is 0 Å². The van der Waals surface area contributed by atoms with Gasteiger partial charge in [0.1, 0.15) is 0 Å². The van der Waals surface area contributed by atoms with Crippen LogP contribution in [0.3, 0.4) is 0 Å². The van der Waals surface area contributed by atoms with Crippen LogP contribution in [0.2, 0.25) is 0 Å². The molecule has 0 saturated carbocycles. The number of nitrogens with one attached hydrogen (secondary N) is 1. The summed E-state index contributed by atoms with van der Waals surface area (Å²) < 4.78 is 43.3. The van der Waals surface area contributed by atoms with Crippen molar-refractivity contribution in [2.75, 3.05) is 19.0 Å². The quantitative estimate of drug-likeness (QED) is 0.692. The van der Waals surface area contributed by atoms with Gasteiger partial charge < -0.3 is 10.1 Å². The Labute approximate surface area is 123 Å². The van der Waals surface area contributed by atoms with Gasteiger partial charge in [0.05, 0.1) is 6.61 Å². The van der Waals surface area contributed by atoms with Crippen LogP contribution in [-0.4, -0.2) is 23.6 Å². The molecule has 0 bridgehead atoms. The smallest absolute Gasteiger partial charge is 0.433 e. The maximum atomic E-state index is 12.7. The molecule has 21 heavy (non-hydrogen) atoms. The third kappa shape index (κ3) is 6.64. The number of anilines is 1. The lowest BCUT2D eigenvalue weighted by Gasteiger charge is -2.11. The number of rotatable bonds is 9. The molecule has 1 N–H and O–H groups in total. The average Bonchev–Trinajstić information content (AvgIpc) is 2.45. The van der Waals surface area contributed by atoms with E-state index in [0.717, 1.165) is 25.3 Å². The lowest BCUT2D eigenvalue weighted by atomic mass is 10.1. The van der Waals surface area contributed by atoms with E-state index in [0.29, 0.717) is 6.61 Å². The first kappa shape index (κ1) is 17.5. The highest BCUT2D eigenvalue weighted by Gasteiger charge is 2.33. The molecule has 0 saturated heterocycles. The molecule has 4 nitrogen and oxygen atoms in total. The molecule has 0 aliphatic rings. The van der Waals surface area contributed by atoms with Crippen molar-refractivity contribution in [2.24, 2.45) is 0 Å². The van der Waals surface area contributed by atoms with Crippen molar-refractivity contribution in [3.63, 3.8) is 0 Å². The van der Waals surface area contributed by atoms with Gasteiger partial charge in [-0.25, -0.2) is 4.98 Å². The fourth-order valence-electron chi connectivity index (χ4n) is 1.82. The topological polar surface area (TPSA) is 47.0 Å². The highest BCUT2D eigenvalue weighted by atomic mass is 19.4. The van der Waals surface area contributed by atoms with Crippen molar-refractivity contribution < 1.29 is 17.9 Å². The van der Waals surface area contributed by atoms with Crippen LogP contribution in [0.25, 0.3) is 0 Å². The molecule has 0 aromatic carbocycles. The standard InChI is InChI=1S/C14H22F3N3O/c1-3-4-5-6-7-8-9-21-12-10-11(14(15,16)17)19-13(18-2)20-12/h10H,3-9H2,1-2H3,(H,18,19,20). The molecule has 0 aliphatic carbocycles. The van der Waals surface area contributed by atoms with Gasteiger partial charge in [0.25, 0.3) is 0 Å². The third-order valence-electron chi connectivity index (χ3n) is 2.96. The number of nitrogens with zero attached hydrogens (tertiary/aromatic N) is 2. The van der Waals surface area contributed by atoms with Crippen LogP contribution >= 0.6 is 0 Å². The first-order valence-corrected chi connectivity index (χ1v) is 7.24. The summed E-state index contributed by atoms with van der Waals surface area (Å²) >= 11 is 0.